The van der Waals surface area contributed by atoms with Crippen LogP contribution in [0.1, 0.15) is 36.8 Å². The summed E-state index contributed by atoms with van der Waals surface area (Å²) in [6.07, 6.45) is 1.62. The van der Waals surface area contributed by atoms with E-state index in [0.29, 0.717) is 29.5 Å². The fourth-order valence-corrected chi connectivity index (χ4v) is 5.47. The third-order valence-corrected chi connectivity index (χ3v) is 7.77. The summed E-state index contributed by atoms with van der Waals surface area (Å²) in [6, 6.07) is 14.2. The molecule has 1 aromatic heterocycles. The van der Waals surface area contributed by atoms with E-state index < -0.39 is 0 Å². The van der Waals surface area contributed by atoms with E-state index in [4.69, 9.17) is 16.3 Å². The van der Waals surface area contributed by atoms with Gasteiger partial charge in [-0.3, -0.25) is 4.79 Å². The van der Waals surface area contributed by atoms with Crippen molar-refractivity contribution in [2.45, 2.75) is 32.7 Å². The Labute approximate surface area is 226 Å². The molecular formula is C28H31ClFN3O3S. The largest absolute Gasteiger partial charge is 0.491 e. The molecule has 6 nitrogen and oxygen atoms in total. The number of ether oxygens (including phenoxy) is 1. The zero-order chi connectivity index (χ0) is 26.4. The number of carbonyl (C=O) groups is 2. The van der Waals surface area contributed by atoms with Gasteiger partial charge in [-0.2, -0.15) is 0 Å². The quantitative estimate of drug-likeness (QED) is 0.329. The molecule has 0 unspecified atom stereocenters. The average Bonchev–Trinajstić information content (AvgIpc) is 3.36. The Morgan fingerprint density at radius 1 is 1.24 bits per heavy atom. The second kappa shape index (κ2) is 12.4. The molecule has 2 atom stereocenters. The second-order valence-corrected chi connectivity index (χ2v) is 10.7. The maximum Gasteiger partial charge on any atom is 0.322 e. The van der Waals surface area contributed by atoms with E-state index >= 15 is 0 Å². The average molecular weight is 544 g/mol. The molecule has 1 aliphatic heterocycles. The summed E-state index contributed by atoms with van der Waals surface area (Å²) in [5.74, 6) is 0.0924. The van der Waals surface area contributed by atoms with Crippen LogP contribution < -0.4 is 10.1 Å². The van der Waals surface area contributed by atoms with Crippen molar-refractivity contribution in [2.75, 3.05) is 31.6 Å². The molecule has 0 fully saturated rings. The van der Waals surface area contributed by atoms with Gasteiger partial charge in [0.25, 0.3) is 0 Å². The van der Waals surface area contributed by atoms with Crippen LogP contribution in [0, 0.1) is 11.7 Å². The number of halogens is 2. The van der Waals surface area contributed by atoms with Gasteiger partial charge in [0.05, 0.1) is 6.04 Å². The number of nitrogens with zero attached hydrogens (tertiary/aromatic N) is 2. The zero-order valence-corrected chi connectivity index (χ0v) is 22.5. The van der Waals surface area contributed by atoms with E-state index in [1.165, 1.54) is 17.0 Å². The summed E-state index contributed by atoms with van der Waals surface area (Å²) in [6.45, 7) is 5.21. The number of carbonyl (C=O) groups excluding carboxylic acids is 2. The number of nitrogens with one attached hydrogen (secondary N) is 1. The van der Waals surface area contributed by atoms with Gasteiger partial charge in [0.2, 0.25) is 5.91 Å². The van der Waals surface area contributed by atoms with Crippen molar-refractivity contribution in [3.05, 3.63) is 81.3 Å². The van der Waals surface area contributed by atoms with E-state index in [1.54, 1.807) is 57.5 Å². The van der Waals surface area contributed by atoms with Crippen LogP contribution >= 0.6 is 22.9 Å². The first-order valence-corrected chi connectivity index (χ1v) is 13.7. The molecule has 0 saturated heterocycles. The molecule has 2 heterocycles. The van der Waals surface area contributed by atoms with Crippen LogP contribution in [-0.4, -0.2) is 48.0 Å². The minimum atomic E-state index is -0.378. The first-order chi connectivity index (χ1) is 17.8. The summed E-state index contributed by atoms with van der Waals surface area (Å²) in [4.78, 5) is 31.4. The molecule has 0 radical (unpaired) electrons. The summed E-state index contributed by atoms with van der Waals surface area (Å²) in [5.41, 5.74) is 1.61. The minimum absolute atomic E-state index is 0.0628. The van der Waals surface area contributed by atoms with Crippen molar-refractivity contribution < 1.29 is 18.7 Å². The molecule has 196 valence electrons. The highest BCUT2D eigenvalue weighted by Gasteiger charge is 2.33. The Morgan fingerprint density at radius 2 is 2.05 bits per heavy atom. The van der Waals surface area contributed by atoms with Crippen molar-refractivity contribution in [2.24, 2.45) is 5.92 Å². The Kier molecular flexibility index (Phi) is 9.05. The van der Waals surface area contributed by atoms with Crippen molar-refractivity contribution in [1.82, 2.24) is 9.80 Å². The van der Waals surface area contributed by atoms with Crippen molar-refractivity contribution in [1.29, 1.82) is 0 Å². The second-order valence-electron chi connectivity index (χ2n) is 9.25. The summed E-state index contributed by atoms with van der Waals surface area (Å²) >= 11 is 7.73. The Hall–Kier alpha value is -3.10. The zero-order valence-electron chi connectivity index (χ0n) is 21.0. The predicted octanol–water partition coefficient (Wildman–Crippen LogP) is 6.63. The third-order valence-electron chi connectivity index (χ3n) is 6.54. The Morgan fingerprint density at radius 3 is 2.81 bits per heavy atom. The normalized spacial score (nSPS) is 15.6. The number of anilines is 1. The van der Waals surface area contributed by atoms with Gasteiger partial charge in [-0.1, -0.05) is 44.0 Å². The third kappa shape index (κ3) is 7.02. The molecule has 3 aromatic rings. The maximum atomic E-state index is 13.7. The van der Waals surface area contributed by atoms with Crippen LogP contribution in [0.25, 0.3) is 0 Å². The molecule has 9 heteroatoms. The van der Waals surface area contributed by atoms with Gasteiger partial charge >= 0.3 is 6.03 Å². The summed E-state index contributed by atoms with van der Waals surface area (Å²) in [7, 11) is 0. The highest BCUT2D eigenvalue weighted by Crippen LogP contribution is 2.34. The maximum absolute atomic E-state index is 13.7. The molecule has 3 amide bonds. The topological polar surface area (TPSA) is 61.9 Å². The highest BCUT2D eigenvalue weighted by molar-refractivity contribution is 7.10. The lowest BCUT2D eigenvalue weighted by Crippen LogP contribution is -2.49. The number of hydrogen-bond donors (Lipinski definition) is 1. The Balaban J connectivity index is 1.51. The molecular weight excluding hydrogens is 513 g/mol. The minimum Gasteiger partial charge on any atom is -0.491 e. The lowest BCUT2D eigenvalue weighted by atomic mass is 10.00. The number of amides is 3. The van der Waals surface area contributed by atoms with Gasteiger partial charge in [-0.05, 0) is 59.7 Å². The Bertz CT molecular complexity index is 1240. The smallest absolute Gasteiger partial charge is 0.322 e. The van der Waals surface area contributed by atoms with Gasteiger partial charge < -0.3 is 19.9 Å². The SMILES string of the molecule is CC[C@H](C)CN(CC(=O)N1CCc2sccc2[C@@H]1COc1cccc(F)c1)C(=O)Nc1cccc(Cl)c1. The van der Waals surface area contributed by atoms with Gasteiger partial charge in [0.15, 0.2) is 0 Å². The fraction of sp³-hybridized carbons (Fsp3) is 0.357. The number of fused-ring (bicyclic) bond motifs is 1. The van der Waals surface area contributed by atoms with E-state index in [9.17, 15) is 14.0 Å². The molecule has 1 aliphatic rings. The fourth-order valence-electron chi connectivity index (χ4n) is 4.35. The highest BCUT2D eigenvalue weighted by atomic mass is 35.5. The number of hydrogen-bond acceptors (Lipinski definition) is 4. The van der Waals surface area contributed by atoms with Crippen LogP contribution in [0.4, 0.5) is 14.9 Å². The number of urea groups is 1. The number of rotatable bonds is 9. The molecule has 2 aromatic carbocycles. The van der Waals surface area contributed by atoms with E-state index in [2.05, 4.69) is 19.2 Å². The lowest BCUT2D eigenvalue weighted by molar-refractivity contribution is -0.135. The number of benzene rings is 2. The van der Waals surface area contributed by atoms with Crippen LogP contribution in [0.15, 0.2) is 60.0 Å². The van der Waals surface area contributed by atoms with Crippen molar-refractivity contribution in [3.63, 3.8) is 0 Å². The molecule has 4 rings (SSSR count). The summed E-state index contributed by atoms with van der Waals surface area (Å²) < 4.78 is 19.6. The first kappa shape index (κ1) is 26.9. The van der Waals surface area contributed by atoms with Gasteiger partial charge in [0, 0.05) is 34.7 Å². The van der Waals surface area contributed by atoms with Crippen LogP contribution in [0.2, 0.25) is 5.02 Å². The van der Waals surface area contributed by atoms with Crippen LogP contribution in [-0.2, 0) is 11.2 Å². The van der Waals surface area contributed by atoms with Gasteiger partial charge in [0.1, 0.15) is 24.7 Å². The standard InChI is InChI=1S/C28H31ClFN3O3S/c1-3-19(2)16-32(28(35)31-22-8-4-6-20(29)14-22)17-27(34)33-12-10-26-24(11-13-37-26)25(33)18-36-23-9-5-7-21(30)15-23/h4-9,11,13-15,19,25H,3,10,12,16-18H2,1-2H3,(H,31,35)/t19-,25-/m0/s1. The molecule has 0 spiro atoms. The first-order valence-electron chi connectivity index (χ1n) is 12.4. The van der Waals surface area contributed by atoms with E-state index in [-0.39, 0.29) is 42.9 Å². The number of thiophene rings is 1. The molecule has 37 heavy (non-hydrogen) atoms. The molecule has 0 bridgehead atoms. The van der Waals surface area contributed by atoms with E-state index in [0.717, 1.165) is 18.4 Å². The molecule has 1 N–H and O–H groups in total. The monoisotopic (exact) mass is 543 g/mol. The lowest BCUT2D eigenvalue weighted by Gasteiger charge is -2.37. The van der Waals surface area contributed by atoms with E-state index in [1.807, 2.05) is 11.4 Å². The van der Waals surface area contributed by atoms with Crippen LogP contribution in [0.3, 0.4) is 0 Å². The molecule has 0 saturated carbocycles. The van der Waals surface area contributed by atoms with Gasteiger partial charge in [-0.25, -0.2) is 9.18 Å². The van der Waals surface area contributed by atoms with Crippen LogP contribution in [0.5, 0.6) is 5.75 Å². The summed E-state index contributed by atoms with van der Waals surface area (Å²) in [5, 5.41) is 5.40. The van der Waals surface area contributed by atoms with Crippen molar-refractivity contribution >= 4 is 40.6 Å². The van der Waals surface area contributed by atoms with Crippen molar-refractivity contribution in [3.8, 4) is 5.75 Å². The molecule has 0 aliphatic carbocycles. The van der Waals surface area contributed by atoms with Gasteiger partial charge in [-0.15, -0.1) is 11.3 Å². The predicted molar refractivity (Wildman–Crippen MR) is 146 cm³/mol.